The van der Waals surface area contributed by atoms with Gasteiger partial charge in [0.15, 0.2) is 16.6 Å². The van der Waals surface area contributed by atoms with Gasteiger partial charge in [0, 0.05) is 6.42 Å². The van der Waals surface area contributed by atoms with E-state index in [9.17, 15) is 4.79 Å². The fourth-order valence-electron chi connectivity index (χ4n) is 4.73. The Bertz CT molecular complexity index is 643. The molecule has 4 atom stereocenters. The number of hydrogen-bond donors (Lipinski definition) is 0. The minimum atomic E-state index is -1.87. The molecule has 0 aromatic rings. The molecule has 5 heteroatoms. The number of hydrogen-bond acceptors (Lipinski definition) is 3. The number of ketones is 1. The molecule has 34 heavy (non-hydrogen) atoms. The Hall–Kier alpha value is -0.236. The molecular weight excluding hydrogens is 452 g/mol. The van der Waals surface area contributed by atoms with E-state index < -0.39 is 16.6 Å². The van der Waals surface area contributed by atoms with Crippen LogP contribution >= 0.6 is 0 Å². The van der Waals surface area contributed by atoms with Crippen molar-refractivity contribution < 1.29 is 13.6 Å². The summed E-state index contributed by atoms with van der Waals surface area (Å²) in [6, 6.07) is 0. The van der Waals surface area contributed by atoms with Crippen LogP contribution in [0.3, 0.4) is 0 Å². The second-order valence-electron chi connectivity index (χ2n) is 13.9. The molecule has 1 rings (SSSR count). The van der Waals surface area contributed by atoms with E-state index >= 15 is 0 Å². The van der Waals surface area contributed by atoms with E-state index in [2.05, 4.69) is 80.4 Å². The zero-order valence-corrected chi connectivity index (χ0v) is 26.7. The highest BCUT2D eigenvalue weighted by atomic mass is 28.4. The predicted molar refractivity (Wildman–Crippen MR) is 154 cm³/mol. The number of allylic oxidation sites excluding steroid dienone is 1. The lowest BCUT2D eigenvalue weighted by molar-refractivity contribution is -0.117. The Labute approximate surface area is 215 Å². The maximum Gasteiger partial charge on any atom is 0.192 e. The molecule has 1 fully saturated rings. The average Bonchev–Trinajstić information content (AvgIpc) is 2.95. The van der Waals surface area contributed by atoms with Crippen LogP contribution in [0.4, 0.5) is 0 Å². The molecule has 0 N–H and O–H groups in total. The van der Waals surface area contributed by atoms with Gasteiger partial charge in [0.05, 0.1) is 12.2 Å². The Morgan fingerprint density at radius 3 is 1.68 bits per heavy atom. The van der Waals surface area contributed by atoms with Crippen molar-refractivity contribution in [2.24, 2.45) is 11.8 Å². The van der Waals surface area contributed by atoms with Gasteiger partial charge < -0.3 is 13.6 Å². The second-order valence-corrected chi connectivity index (χ2v) is 23.4. The van der Waals surface area contributed by atoms with Gasteiger partial charge in [0.1, 0.15) is 5.78 Å². The molecule has 0 aromatic heterocycles. The molecule has 0 amide bonds. The minimum Gasteiger partial charge on any atom is -0.414 e. The zero-order valence-electron chi connectivity index (χ0n) is 24.7. The van der Waals surface area contributed by atoms with Gasteiger partial charge in [-0.1, -0.05) is 66.9 Å². The summed E-state index contributed by atoms with van der Waals surface area (Å²) in [6.07, 6.45) is 12.4. The van der Waals surface area contributed by atoms with Gasteiger partial charge in [-0.05, 0) is 87.1 Å². The Balaban J connectivity index is 3.09. The van der Waals surface area contributed by atoms with E-state index in [4.69, 9.17) is 8.85 Å². The van der Waals surface area contributed by atoms with Gasteiger partial charge >= 0.3 is 0 Å². The summed E-state index contributed by atoms with van der Waals surface area (Å²) < 4.78 is 14.2. The van der Waals surface area contributed by atoms with Crippen molar-refractivity contribution in [3.8, 4) is 0 Å². The molecule has 0 spiro atoms. The van der Waals surface area contributed by atoms with Crippen molar-refractivity contribution in [3.63, 3.8) is 0 Å². The summed E-state index contributed by atoms with van der Waals surface area (Å²) >= 11 is 0. The molecule has 0 aromatic carbocycles. The highest BCUT2D eigenvalue weighted by Gasteiger charge is 2.50. The van der Waals surface area contributed by atoms with Crippen LogP contribution in [0, 0.1) is 11.8 Å². The quantitative estimate of drug-likeness (QED) is 0.133. The van der Waals surface area contributed by atoms with Crippen LogP contribution < -0.4 is 0 Å². The molecule has 1 aliphatic carbocycles. The van der Waals surface area contributed by atoms with Crippen LogP contribution in [0.2, 0.25) is 36.3 Å². The largest absolute Gasteiger partial charge is 0.414 e. The summed E-state index contributed by atoms with van der Waals surface area (Å²) in [4.78, 5) is 11.3. The fourth-order valence-corrected chi connectivity index (χ4v) is 7.49. The van der Waals surface area contributed by atoms with Gasteiger partial charge in [-0.25, -0.2) is 0 Å². The van der Waals surface area contributed by atoms with Gasteiger partial charge in [0.2, 0.25) is 0 Å². The summed E-state index contributed by atoms with van der Waals surface area (Å²) in [5.41, 5.74) is 0. The minimum absolute atomic E-state index is 0.208. The Morgan fingerprint density at radius 2 is 1.26 bits per heavy atom. The summed E-state index contributed by atoms with van der Waals surface area (Å²) in [5.74, 6) is 1.41. The van der Waals surface area contributed by atoms with E-state index in [1.807, 2.05) is 0 Å². The van der Waals surface area contributed by atoms with Crippen molar-refractivity contribution in [1.82, 2.24) is 0 Å². The van der Waals surface area contributed by atoms with E-state index in [1.165, 1.54) is 19.3 Å². The molecule has 1 saturated carbocycles. The first-order valence-corrected chi connectivity index (χ1v) is 19.7. The Kier molecular flexibility index (Phi) is 12.0. The average molecular weight is 511 g/mol. The third-order valence-corrected chi connectivity index (χ3v) is 18.0. The molecule has 0 aliphatic heterocycles. The standard InChI is InChI=1S/C29H58O3Si2/c1-13-14-20-24-25(21-18-16-15-17-19-23(2)30)27(32-34(11,12)29(6,7)8)22-26(24)31-33(9,10)28(3,4)5/h13,24-27H,1,14-22H2,2-12H3/t24-,25-,26?,27+/m1/s1. The molecule has 0 bridgehead atoms. The first kappa shape index (κ1) is 31.8. The number of Topliss-reactive ketones (excluding diaryl/α,β-unsaturated/α-hetero) is 1. The van der Waals surface area contributed by atoms with Crippen LogP contribution in [0.25, 0.3) is 0 Å². The lowest BCUT2D eigenvalue weighted by Gasteiger charge is -2.40. The summed E-state index contributed by atoms with van der Waals surface area (Å²) in [7, 11) is -3.74. The topological polar surface area (TPSA) is 35.5 Å². The highest BCUT2D eigenvalue weighted by molar-refractivity contribution is 6.74. The number of carbonyl (C=O) groups excluding carboxylic acids is 1. The molecule has 200 valence electrons. The molecule has 1 aliphatic rings. The smallest absolute Gasteiger partial charge is 0.192 e. The number of unbranched alkanes of at least 4 members (excludes halogenated alkanes) is 3. The molecule has 0 radical (unpaired) electrons. The monoisotopic (exact) mass is 510 g/mol. The molecule has 0 heterocycles. The van der Waals surface area contributed by atoms with Gasteiger partial charge in [-0.2, -0.15) is 0 Å². The van der Waals surface area contributed by atoms with Crippen molar-refractivity contribution >= 4 is 22.4 Å². The van der Waals surface area contributed by atoms with E-state index in [0.717, 1.165) is 38.5 Å². The first-order chi connectivity index (χ1) is 15.4. The fraction of sp³-hybridized carbons (Fsp3) is 0.897. The van der Waals surface area contributed by atoms with Crippen molar-refractivity contribution in [2.75, 3.05) is 0 Å². The van der Waals surface area contributed by atoms with Gasteiger partial charge in [-0.3, -0.25) is 0 Å². The van der Waals surface area contributed by atoms with Crippen molar-refractivity contribution in [3.05, 3.63) is 12.7 Å². The number of rotatable bonds is 14. The van der Waals surface area contributed by atoms with E-state index in [1.54, 1.807) is 6.92 Å². The summed E-state index contributed by atoms with van der Waals surface area (Å²) in [6.45, 7) is 29.4. The number of carbonyl (C=O) groups is 1. The maximum absolute atomic E-state index is 11.3. The summed E-state index contributed by atoms with van der Waals surface area (Å²) in [5, 5.41) is 0.416. The van der Waals surface area contributed by atoms with Crippen molar-refractivity contribution in [1.29, 1.82) is 0 Å². The Morgan fingerprint density at radius 1 is 0.824 bits per heavy atom. The third kappa shape index (κ3) is 9.33. The lowest BCUT2D eigenvalue weighted by Crippen LogP contribution is -2.45. The second kappa shape index (κ2) is 12.8. The molecule has 3 nitrogen and oxygen atoms in total. The highest BCUT2D eigenvalue weighted by Crippen LogP contribution is 2.48. The van der Waals surface area contributed by atoms with Crippen LogP contribution in [-0.2, 0) is 13.6 Å². The normalized spacial score (nSPS) is 24.4. The third-order valence-electron chi connectivity index (χ3n) is 8.99. The van der Waals surface area contributed by atoms with Gasteiger partial charge in [0.25, 0.3) is 0 Å². The van der Waals surface area contributed by atoms with Crippen LogP contribution in [-0.4, -0.2) is 34.6 Å². The van der Waals surface area contributed by atoms with Crippen molar-refractivity contribution in [2.45, 2.75) is 155 Å². The first-order valence-electron chi connectivity index (χ1n) is 13.9. The molecule has 0 saturated heterocycles. The maximum atomic E-state index is 11.3. The van der Waals surface area contributed by atoms with Crippen LogP contribution in [0.1, 0.15) is 106 Å². The van der Waals surface area contributed by atoms with Gasteiger partial charge in [-0.15, -0.1) is 6.58 Å². The van der Waals surface area contributed by atoms with Crippen LogP contribution in [0.15, 0.2) is 12.7 Å². The molecular formula is C29H58O3Si2. The predicted octanol–water partition coefficient (Wildman–Crippen LogP) is 9.30. The van der Waals surface area contributed by atoms with Crippen LogP contribution in [0.5, 0.6) is 0 Å². The zero-order chi connectivity index (χ0) is 26.4. The molecule has 1 unspecified atom stereocenters. The van der Waals surface area contributed by atoms with E-state index in [0.29, 0.717) is 29.8 Å². The van der Waals surface area contributed by atoms with E-state index in [-0.39, 0.29) is 10.1 Å². The lowest BCUT2D eigenvalue weighted by atomic mass is 9.85. The SMILES string of the molecule is C=CCC[C@H]1C(O[Si](C)(C)C(C)(C)C)C[C@H](O[Si](C)(C)C(C)(C)C)[C@@H]1CCCCCCC(C)=O.